The Morgan fingerprint density at radius 1 is 1.29 bits per heavy atom. The molecule has 17 heavy (non-hydrogen) atoms. The molecule has 0 radical (unpaired) electrons. The van der Waals surface area contributed by atoms with Crippen LogP contribution in [0.5, 0.6) is 0 Å². The van der Waals surface area contributed by atoms with E-state index in [4.69, 9.17) is 5.26 Å². The molecule has 0 heterocycles. The van der Waals surface area contributed by atoms with Gasteiger partial charge in [0.2, 0.25) is 0 Å². The van der Waals surface area contributed by atoms with Gasteiger partial charge in [-0.25, -0.2) is 0 Å². The molecular formula is C15H20N2. The number of aryl methyl sites for hydroxylation is 1. The minimum atomic E-state index is 0.738. The largest absolute Gasteiger partial charge is 0.385 e. The smallest absolute Gasteiger partial charge is 0.0992 e. The van der Waals surface area contributed by atoms with Gasteiger partial charge in [0.25, 0.3) is 0 Å². The zero-order valence-corrected chi connectivity index (χ0v) is 10.5. The van der Waals surface area contributed by atoms with Crippen molar-refractivity contribution in [1.29, 1.82) is 5.26 Å². The normalized spacial score (nSPS) is 16.5. The molecule has 0 amide bonds. The zero-order chi connectivity index (χ0) is 12.1. The summed E-state index contributed by atoms with van der Waals surface area (Å²) in [6.45, 7) is 3.14. The summed E-state index contributed by atoms with van der Waals surface area (Å²) in [5.41, 5.74) is 3.08. The van der Waals surface area contributed by atoms with Crippen LogP contribution in [0, 0.1) is 24.2 Å². The van der Waals surface area contributed by atoms with Crippen LogP contribution in [-0.4, -0.2) is 6.54 Å². The summed E-state index contributed by atoms with van der Waals surface area (Å²) in [4.78, 5) is 0. The van der Waals surface area contributed by atoms with Gasteiger partial charge in [-0.2, -0.15) is 5.26 Å². The Hall–Kier alpha value is -1.49. The van der Waals surface area contributed by atoms with Gasteiger partial charge >= 0.3 is 0 Å². The summed E-state index contributed by atoms with van der Waals surface area (Å²) in [5, 5.41) is 12.4. The van der Waals surface area contributed by atoms with Gasteiger partial charge in [0, 0.05) is 12.2 Å². The SMILES string of the molecule is Cc1ccc(C#N)cc1NCC1CCCCC1. The third-order valence-electron chi connectivity index (χ3n) is 3.67. The number of rotatable bonds is 3. The molecule has 1 aromatic carbocycles. The first kappa shape index (κ1) is 12.0. The molecule has 2 nitrogen and oxygen atoms in total. The second kappa shape index (κ2) is 5.72. The Labute approximate surface area is 104 Å². The summed E-state index contributed by atoms with van der Waals surface area (Å²) in [5.74, 6) is 0.814. The molecule has 1 aliphatic carbocycles. The quantitative estimate of drug-likeness (QED) is 0.852. The lowest BCUT2D eigenvalue weighted by Gasteiger charge is -2.22. The Morgan fingerprint density at radius 2 is 2.06 bits per heavy atom. The molecule has 1 N–H and O–H groups in total. The lowest BCUT2D eigenvalue weighted by Crippen LogP contribution is -2.17. The van der Waals surface area contributed by atoms with Crippen LogP contribution in [0.3, 0.4) is 0 Å². The second-order valence-electron chi connectivity index (χ2n) is 5.03. The second-order valence-corrected chi connectivity index (χ2v) is 5.03. The molecule has 2 rings (SSSR count). The zero-order valence-electron chi connectivity index (χ0n) is 10.5. The Bertz CT molecular complexity index is 411. The summed E-state index contributed by atoms with van der Waals surface area (Å²) in [6.07, 6.45) is 6.86. The molecule has 2 heteroatoms. The molecule has 0 saturated heterocycles. The van der Waals surface area contributed by atoms with E-state index in [2.05, 4.69) is 18.3 Å². The molecule has 0 atom stereocenters. The molecule has 1 fully saturated rings. The summed E-state index contributed by atoms with van der Waals surface area (Å²) >= 11 is 0. The maximum atomic E-state index is 8.89. The molecule has 1 aromatic rings. The first-order chi connectivity index (χ1) is 8.29. The fourth-order valence-corrected chi connectivity index (χ4v) is 2.53. The lowest BCUT2D eigenvalue weighted by molar-refractivity contribution is 0.373. The van der Waals surface area contributed by atoms with Crippen LogP contribution in [0.2, 0.25) is 0 Å². The third kappa shape index (κ3) is 3.23. The number of nitrogens with zero attached hydrogens (tertiary/aromatic N) is 1. The number of hydrogen-bond acceptors (Lipinski definition) is 2. The summed E-state index contributed by atoms with van der Waals surface area (Å²) in [6, 6.07) is 8.04. The predicted octanol–water partition coefficient (Wildman–Crippen LogP) is 3.86. The van der Waals surface area contributed by atoms with Crippen LogP contribution >= 0.6 is 0 Å². The predicted molar refractivity (Wildman–Crippen MR) is 71.0 cm³/mol. The molecule has 0 aliphatic heterocycles. The summed E-state index contributed by atoms with van der Waals surface area (Å²) in [7, 11) is 0. The van der Waals surface area contributed by atoms with E-state index in [1.807, 2.05) is 18.2 Å². The molecule has 0 bridgehead atoms. The number of anilines is 1. The molecule has 90 valence electrons. The van der Waals surface area contributed by atoms with Crippen molar-refractivity contribution in [3.63, 3.8) is 0 Å². The first-order valence-corrected chi connectivity index (χ1v) is 6.54. The van der Waals surface area contributed by atoms with E-state index in [0.717, 1.165) is 23.7 Å². The highest BCUT2D eigenvalue weighted by Crippen LogP contribution is 2.25. The van der Waals surface area contributed by atoms with Crippen molar-refractivity contribution < 1.29 is 0 Å². The molecule has 1 aliphatic rings. The van der Waals surface area contributed by atoms with E-state index in [0.29, 0.717) is 0 Å². The van der Waals surface area contributed by atoms with Crippen molar-refractivity contribution >= 4 is 5.69 Å². The third-order valence-corrected chi connectivity index (χ3v) is 3.67. The van der Waals surface area contributed by atoms with E-state index >= 15 is 0 Å². The Morgan fingerprint density at radius 3 is 2.76 bits per heavy atom. The topological polar surface area (TPSA) is 35.8 Å². The number of benzene rings is 1. The minimum absolute atomic E-state index is 0.738. The molecule has 1 saturated carbocycles. The molecule has 0 aromatic heterocycles. The first-order valence-electron chi connectivity index (χ1n) is 6.54. The van der Waals surface area contributed by atoms with E-state index in [-0.39, 0.29) is 0 Å². The van der Waals surface area contributed by atoms with Gasteiger partial charge in [0.05, 0.1) is 11.6 Å². The van der Waals surface area contributed by atoms with Crippen LogP contribution in [0.1, 0.15) is 43.2 Å². The van der Waals surface area contributed by atoms with Crippen LogP contribution in [0.15, 0.2) is 18.2 Å². The van der Waals surface area contributed by atoms with Gasteiger partial charge in [-0.15, -0.1) is 0 Å². The van der Waals surface area contributed by atoms with Gasteiger partial charge in [0.15, 0.2) is 0 Å². The van der Waals surface area contributed by atoms with Crippen LogP contribution in [0.4, 0.5) is 5.69 Å². The van der Waals surface area contributed by atoms with Crippen LogP contribution < -0.4 is 5.32 Å². The van der Waals surface area contributed by atoms with Gasteiger partial charge in [-0.1, -0.05) is 25.3 Å². The highest BCUT2D eigenvalue weighted by molar-refractivity contribution is 5.55. The average Bonchev–Trinajstić information content (AvgIpc) is 2.39. The highest BCUT2D eigenvalue weighted by Gasteiger charge is 2.13. The molecule has 0 unspecified atom stereocenters. The lowest BCUT2D eigenvalue weighted by atomic mass is 9.89. The molecule has 0 spiro atoms. The van der Waals surface area contributed by atoms with Crippen LogP contribution in [0.25, 0.3) is 0 Å². The fraction of sp³-hybridized carbons (Fsp3) is 0.533. The maximum absolute atomic E-state index is 8.89. The summed E-state index contributed by atoms with van der Waals surface area (Å²) < 4.78 is 0. The highest BCUT2D eigenvalue weighted by atomic mass is 14.9. The van der Waals surface area contributed by atoms with Gasteiger partial charge in [0.1, 0.15) is 0 Å². The van der Waals surface area contributed by atoms with Gasteiger partial charge < -0.3 is 5.32 Å². The van der Waals surface area contributed by atoms with Crippen molar-refractivity contribution in [3.8, 4) is 6.07 Å². The van der Waals surface area contributed by atoms with E-state index < -0.39 is 0 Å². The van der Waals surface area contributed by atoms with Gasteiger partial charge in [-0.05, 0) is 43.4 Å². The van der Waals surface area contributed by atoms with Crippen LogP contribution in [-0.2, 0) is 0 Å². The molecular weight excluding hydrogens is 208 g/mol. The standard InChI is InChI=1S/C15H20N2/c1-12-7-8-14(10-16)9-15(12)17-11-13-5-3-2-4-6-13/h7-9,13,17H,2-6,11H2,1H3. The van der Waals surface area contributed by atoms with Crippen molar-refractivity contribution in [2.75, 3.05) is 11.9 Å². The maximum Gasteiger partial charge on any atom is 0.0992 e. The van der Waals surface area contributed by atoms with Crippen molar-refractivity contribution in [3.05, 3.63) is 29.3 Å². The van der Waals surface area contributed by atoms with E-state index in [1.165, 1.54) is 37.7 Å². The van der Waals surface area contributed by atoms with Crippen molar-refractivity contribution in [1.82, 2.24) is 0 Å². The van der Waals surface area contributed by atoms with Crippen molar-refractivity contribution in [2.24, 2.45) is 5.92 Å². The minimum Gasteiger partial charge on any atom is -0.385 e. The Balaban J connectivity index is 1.95. The number of hydrogen-bond donors (Lipinski definition) is 1. The Kier molecular flexibility index (Phi) is 4.03. The van der Waals surface area contributed by atoms with Crippen molar-refractivity contribution in [2.45, 2.75) is 39.0 Å². The average molecular weight is 228 g/mol. The van der Waals surface area contributed by atoms with Gasteiger partial charge in [-0.3, -0.25) is 0 Å². The number of nitriles is 1. The van der Waals surface area contributed by atoms with E-state index in [1.54, 1.807) is 0 Å². The monoisotopic (exact) mass is 228 g/mol. The van der Waals surface area contributed by atoms with E-state index in [9.17, 15) is 0 Å². The number of nitrogens with one attached hydrogen (secondary N) is 1. The fourth-order valence-electron chi connectivity index (χ4n) is 2.53.